The van der Waals surface area contributed by atoms with Gasteiger partial charge in [-0.25, -0.2) is 8.42 Å². The van der Waals surface area contributed by atoms with Crippen LogP contribution in [-0.4, -0.2) is 61.0 Å². The minimum atomic E-state index is -3.57. The van der Waals surface area contributed by atoms with Crippen LogP contribution >= 0.6 is 0 Å². The van der Waals surface area contributed by atoms with Gasteiger partial charge in [-0.05, 0) is 26.7 Å². The van der Waals surface area contributed by atoms with E-state index in [0.717, 1.165) is 12.8 Å². The van der Waals surface area contributed by atoms with E-state index in [1.165, 1.54) is 0 Å². The number of rotatable bonds is 3. The third-order valence-corrected chi connectivity index (χ3v) is 6.97. The van der Waals surface area contributed by atoms with E-state index in [-0.39, 0.29) is 18.2 Å². The monoisotopic (exact) mass is 329 g/mol. The van der Waals surface area contributed by atoms with Crippen LogP contribution in [0.25, 0.3) is 0 Å². The van der Waals surface area contributed by atoms with Crippen LogP contribution in [0.15, 0.2) is 4.90 Å². The second kappa shape index (κ2) is 5.59. The molecule has 22 heavy (non-hydrogen) atoms. The molecule has 2 heterocycles. The van der Waals surface area contributed by atoms with Gasteiger partial charge in [-0.2, -0.15) is 9.40 Å². The zero-order chi connectivity index (χ0) is 16.1. The molecule has 0 bridgehead atoms. The molecule has 0 radical (unpaired) electrons. The molecule has 1 aromatic heterocycles. The van der Waals surface area contributed by atoms with E-state index in [0.29, 0.717) is 29.4 Å². The number of methoxy groups -OCH3 is 1. The maximum atomic E-state index is 13.2. The lowest BCUT2D eigenvalue weighted by molar-refractivity contribution is -0.0848. The van der Waals surface area contributed by atoms with Crippen molar-refractivity contribution in [3.8, 4) is 0 Å². The molecule has 1 saturated heterocycles. The summed E-state index contributed by atoms with van der Waals surface area (Å²) in [7, 11) is -0.158. The van der Waals surface area contributed by atoms with E-state index in [1.807, 2.05) is 0 Å². The van der Waals surface area contributed by atoms with Gasteiger partial charge in [0.05, 0.1) is 30.1 Å². The summed E-state index contributed by atoms with van der Waals surface area (Å²) in [6.45, 7) is 4.31. The molecule has 1 aliphatic carbocycles. The minimum Gasteiger partial charge on any atom is -0.379 e. The third-order valence-electron chi connectivity index (χ3n) is 4.80. The molecule has 0 unspecified atom stereocenters. The van der Waals surface area contributed by atoms with E-state index in [9.17, 15) is 8.42 Å². The molecule has 1 aliphatic heterocycles. The average Bonchev–Trinajstić information content (AvgIpc) is 2.99. The van der Waals surface area contributed by atoms with Gasteiger partial charge in [0, 0.05) is 20.7 Å². The third kappa shape index (κ3) is 2.29. The van der Waals surface area contributed by atoms with Gasteiger partial charge in [-0.3, -0.25) is 4.68 Å². The lowest BCUT2D eigenvalue weighted by Crippen LogP contribution is -2.53. The highest BCUT2D eigenvalue weighted by molar-refractivity contribution is 7.89. The molecule has 124 valence electrons. The van der Waals surface area contributed by atoms with E-state index < -0.39 is 10.0 Å². The molecule has 0 aromatic carbocycles. The summed E-state index contributed by atoms with van der Waals surface area (Å²) in [6.07, 6.45) is 1.38. The predicted molar refractivity (Wildman–Crippen MR) is 80.1 cm³/mol. The molecule has 3 atom stereocenters. The number of hydrogen-bond acceptors (Lipinski definition) is 5. The van der Waals surface area contributed by atoms with Crippen molar-refractivity contribution in [1.29, 1.82) is 0 Å². The summed E-state index contributed by atoms with van der Waals surface area (Å²) < 4.78 is 40.7. The fourth-order valence-corrected chi connectivity index (χ4v) is 5.73. The summed E-state index contributed by atoms with van der Waals surface area (Å²) >= 11 is 0. The van der Waals surface area contributed by atoms with Crippen LogP contribution in [0.5, 0.6) is 0 Å². The molecule has 7 nitrogen and oxygen atoms in total. The molecule has 3 rings (SSSR count). The van der Waals surface area contributed by atoms with Crippen LogP contribution in [0, 0.1) is 13.8 Å². The first-order valence-electron chi connectivity index (χ1n) is 7.54. The molecule has 2 aliphatic rings. The zero-order valence-corrected chi connectivity index (χ0v) is 14.3. The van der Waals surface area contributed by atoms with Crippen molar-refractivity contribution in [3.63, 3.8) is 0 Å². The quantitative estimate of drug-likeness (QED) is 0.812. The highest BCUT2D eigenvalue weighted by Crippen LogP contribution is 2.36. The Kier molecular flexibility index (Phi) is 4.05. The molecular formula is C14H23N3O4S. The van der Waals surface area contributed by atoms with Crippen molar-refractivity contribution in [1.82, 2.24) is 14.1 Å². The van der Waals surface area contributed by atoms with Crippen LogP contribution < -0.4 is 0 Å². The molecule has 0 spiro atoms. The standard InChI is InChI=1S/C14H23N3O4S/c1-9-14(10(2)16(3)15-9)22(18,19)17-7-8-21-13-11(17)5-6-12(13)20-4/h11-13H,5-8H2,1-4H3/t11-,12+,13-/m1/s1. The van der Waals surface area contributed by atoms with Crippen LogP contribution in [0.3, 0.4) is 0 Å². The minimum absolute atomic E-state index is 0.0286. The van der Waals surface area contributed by atoms with Gasteiger partial charge in [0.15, 0.2) is 0 Å². The van der Waals surface area contributed by atoms with Gasteiger partial charge in [-0.1, -0.05) is 0 Å². The average molecular weight is 329 g/mol. The number of aryl methyl sites for hydroxylation is 2. The maximum absolute atomic E-state index is 13.2. The molecule has 1 aromatic rings. The molecular weight excluding hydrogens is 306 g/mol. The number of ether oxygens (including phenoxy) is 2. The smallest absolute Gasteiger partial charge is 0.247 e. The van der Waals surface area contributed by atoms with Crippen molar-refractivity contribution < 1.29 is 17.9 Å². The fourth-order valence-electron chi connectivity index (χ4n) is 3.68. The van der Waals surface area contributed by atoms with Gasteiger partial charge in [-0.15, -0.1) is 0 Å². The van der Waals surface area contributed by atoms with Gasteiger partial charge in [0.1, 0.15) is 11.0 Å². The lowest BCUT2D eigenvalue weighted by atomic mass is 10.2. The molecule has 0 N–H and O–H groups in total. The van der Waals surface area contributed by atoms with E-state index in [2.05, 4.69) is 5.10 Å². The van der Waals surface area contributed by atoms with Crippen LogP contribution in [0.2, 0.25) is 0 Å². The first-order valence-corrected chi connectivity index (χ1v) is 8.98. The van der Waals surface area contributed by atoms with E-state index in [1.54, 1.807) is 37.0 Å². The number of hydrogen-bond donors (Lipinski definition) is 0. The lowest BCUT2D eigenvalue weighted by Gasteiger charge is -2.37. The van der Waals surface area contributed by atoms with Crippen molar-refractivity contribution in [2.24, 2.45) is 7.05 Å². The zero-order valence-electron chi connectivity index (χ0n) is 13.4. The molecule has 2 fully saturated rings. The Hall–Kier alpha value is -0.960. The number of sulfonamides is 1. The Labute approximate surface area is 131 Å². The van der Waals surface area contributed by atoms with Crippen molar-refractivity contribution in [2.75, 3.05) is 20.3 Å². The summed E-state index contributed by atoms with van der Waals surface area (Å²) in [6, 6.07) is -0.150. The Morgan fingerprint density at radius 2 is 2.05 bits per heavy atom. The molecule has 8 heteroatoms. The first kappa shape index (κ1) is 15.9. The van der Waals surface area contributed by atoms with Crippen molar-refractivity contribution in [2.45, 2.75) is 49.8 Å². The summed E-state index contributed by atoms with van der Waals surface area (Å²) in [5.41, 5.74) is 1.21. The summed E-state index contributed by atoms with van der Waals surface area (Å²) in [4.78, 5) is 0.330. The van der Waals surface area contributed by atoms with Gasteiger partial charge < -0.3 is 9.47 Å². The Bertz CT molecular complexity index is 670. The second-order valence-corrected chi connectivity index (χ2v) is 7.82. The van der Waals surface area contributed by atoms with Crippen molar-refractivity contribution in [3.05, 3.63) is 11.4 Å². The Balaban J connectivity index is 1.99. The topological polar surface area (TPSA) is 73.7 Å². The molecule has 0 amide bonds. The number of morpholine rings is 1. The number of aromatic nitrogens is 2. The summed E-state index contributed by atoms with van der Waals surface area (Å²) in [5.74, 6) is 0. The largest absolute Gasteiger partial charge is 0.379 e. The maximum Gasteiger partial charge on any atom is 0.247 e. The number of nitrogens with zero attached hydrogens (tertiary/aromatic N) is 3. The summed E-state index contributed by atoms with van der Waals surface area (Å²) in [5, 5.41) is 4.24. The van der Waals surface area contributed by atoms with Gasteiger partial charge in [0.2, 0.25) is 10.0 Å². The Morgan fingerprint density at radius 1 is 1.32 bits per heavy atom. The second-order valence-electron chi connectivity index (χ2n) is 5.99. The normalized spacial score (nSPS) is 29.7. The van der Waals surface area contributed by atoms with Gasteiger partial charge in [0.25, 0.3) is 0 Å². The van der Waals surface area contributed by atoms with Crippen LogP contribution in [-0.2, 0) is 26.5 Å². The highest BCUT2D eigenvalue weighted by atomic mass is 32.2. The SMILES string of the molecule is CO[C@H]1CC[C@@H]2[C@H]1OCCN2S(=O)(=O)c1c(C)nn(C)c1C. The van der Waals surface area contributed by atoms with Gasteiger partial charge >= 0.3 is 0 Å². The highest BCUT2D eigenvalue weighted by Gasteiger charge is 2.48. The van der Waals surface area contributed by atoms with Crippen LogP contribution in [0.1, 0.15) is 24.2 Å². The van der Waals surface area contributed by atoms with Crippen LogP contribution in [0.4, 0.5) is 0 Å². The Morgan fingerprint density at radius 3 is 2.64 bits per heavy atom. The first-order chi connectivity index (χ1) is 10.4. The molecule has 1 saturated carbocycles. The predicted octanol–water partition coefficient (Wildman–Crippen LogP) is 0.604. The van der Waals surface area contributed by atoms with E-state index >= 15 is 0 Å². The number of fused-ring (bicyclic) bond motifs is 1. The fraction of sp³-hybridized carbons (Fsp3) is 0.786. The van der Waals surface area contributed by atoms with Crippen molar-refractivity contribution >= 4 is 10.0 Å². The van der Waals surface area contributed by atoms with E-state index in [4.69, 9.17) is 9.47 Å².